The second-order valence-electron chi connectivity index (χ2n) is 10.6. The molecule has 1 N–H and O–H groups in total. The van der Waals surface area contributed by atoms with Crippen molar-refractivity contribution in [1.82, 2.24) is 9.80 Å². The Labute approximate surface area is 223 Å². The van der Waals surface area contributed by atoms with Crippen LogP contribution in [0.5, 0.6) is 5.75 Å². The Bertz CT molecular complexity index is 1170. The zero-order chi connectivity index (χ0) is 27.3. The van der Waals surface area contributed by atoms with Gasteiger partial charge in [-0.15, -0.1) is 0 Å². The molecule has 1 amide bonds. The summed E-state index contributed by atoms with van der Waals surface area (Å²) in [6.07, 6.45) is 2.82. The maximum absolute atomic E-state index is 14.9. The summed E-state index contributed by atoms with van der Waals surface area (Å²) >= 11 is 0. The average Bonchev–Trinajstić information content (AvgIpc) is 3.38. The molecular weight excluding hydrogens is 488 g/mol. The number of ether oxygens (including phenoxy) is 1. The third-order valence-corrected chi connectivity index (χ3v) is 8.04. The second kappa shape index (κ2) is 12.2. The van der Waals surface area contributed by atoms with E-state index in [1.807, 2.05) is 13.8 Å². The molecule has 0 radical (unpaired) electrons. The van der Waals surface area contributed by atoms with Gasteiger partial charge in [-0.3, -0.25) is 4.79 Å². The summed E-state index contributed by atoms with van der Waals surface area (Å²) in [5.41, 5.74) is 0.413. The predicted molar refractivity (Wildman–Crippen MR) is 142 cm³/mol. The van der Waals surface area contributed by atoms with Gasteiger partial charge in [0.15, 0.2) is 0 Å². The van der Waals surface area contributed by atoms with Crippen molar-refractivity contribution in [1.29, 1.82) is 5.26 Å². The van der Waals surface area contributed by atoms with Gasteiger partial charge in [0.05, 0.1) is 23.8 Å². The van der Waals surface area contributed by atoms with Crippen LogP contribution in [0.15, 0.2) is 36.4 Å². The molecule has 38 heavy (non-hydrogen) atoms. The number of carbonyl (C=O) groups excluding carboxylic acids is 1. The fraction of sp³-hybridized carbons (Fsp3) is 0.533. The molecule has 1 unspecified atom stereocenters. The lowest BCUT2D eigenvalue weighted by atomic mass is 9.94. The summed E-state index contributed by atoms with van der Waals surface area (Å²) in [7, 11) is 0. The largest absolute Gasteiger partial charge is 0.492 e. The number of aliphatic hydroxyl groups excluding tert-OH is 1. The monoisotopic (exact) mass is 525 g/mol. The number of halogens is 2. The van der Waals surface area contributed by atoms with E-state index in [4.69, 9.17) is 4.74 Å². The van der Waals surface area contributed by atoms with E-state index in [1.165, 1.54) is 17.0 Å². The number of hydrogen-bond donors (Lipinski definition) is 1. The van der Waals surface area contributed by atoms with E-state index in [0.29, 0.717) is 67.3 Å². The molecule has 2 aliphatic rings. The number of β-amino-alcohol motifs (C(OH)–C–C–N with tert-alkyl or cyclic N) is 1. The van der Waals surface area contributed by atoms with Crippen LogP contribution in [0.2, 0.25) is 0 Å². The summed E-state index contributed by atoms with van der Waals surface area (Å²) in [5, 5.41) is 19.4. The van der Waals surface area contributed by atoms with Crippen molar-refractivity contribution in [3.63, 3.8) is 0 Å². The first-order valence-electron chi connectivity index (χ1n) is 13.6. The number of rotatable bonds is 9. The quantitative estimate of drug-likeness (QED) is 0.488. The summed E-state index contributed by atoms with van der Waals surface area (Å²) < 4.78 is 35.6. The van der Waals surface area contributed by atoms with Crippen molar-refractivity contribution in [2.75, 3.05) is 39.3 Å². The van der Waals surface area contributed by atoms with Gasteiger partial charge in [0.2, 0.25) is 0 Å². The Hall–Kier alpha value is -3.02. The molecular formula is C30H37F2N3O3. The van der Waals surface area contributed by atoms with Crippen molar-refractivity contribution >= 4 is 5.91 Å². The highest BCUT2D eigenvalue weighted by atomic mass is 19.1. The van der Waals surface area contributed by atoms with Gasteiger partial charge in [0.25, 0.3) is 5.91 Å². The van der Waals surface area contributed by atoms with Crippen LogP contribution in [0, 0.1) is 23.1 Å². The van der Waals surface area contributed by atoms with Crippen LogP contribution in [0.25, 0.3) is 11.1 Å². The van der Waals surface area contributed by atoms with Gasteiger partial charge < -0.3 is 19.6 Å². The zero-order valence-electron chi connectivity index (χ0n) is 22.3. The van der Waals surface area contributed by atoms with Crippen LogP contribution >= 0.6 is 0 Å². The van der Waals surface area contributed by atoms with Gasteiger partial charge in [0, 0.05) is 19.6 Å². The van der Waals surface area contributed by atoms with Gasteiger partial charge in [-0.05, 0) is 86.5 Å². The van der Waals surface area contributed by atoms with Gasteiger partial charge in [0.1, 0.15) is 23.3 Å². The van der Waals surface area contributed by atoms with Gasteiger partial charge in [-0.2, -0.15) is 5.26 Å². The molecule has 204 valence electrons. The number of aliphatic hydroxyl groups is 1. The van der Waals surface area contributed by atoms with E-state index in [-0.39, 0.29) is 12.1 Å². The van der Waals surface area contributed by atoms with Crippen molar-refractivity contribution in [3.8, 4) is 22.9 Å². The van der Waals surface area contributed by atoms with Crippen molar-refractivity contribution in [2.45, 2.75) is 57.7 Å². The fourth-order valence-electron chi connectivity index (χ4n) is 5.28. The third-order valence-electron chi connectivity index (χ3n) is 8.04. The minimum Gasteiger partial charge on any atom is -0.492 e. The van der Waals surface area contributed by atoms with E-state index in [1.54, 1.807) is 24.3 Å². The molecule has 2 heterocycles. The van der Waals surface area contributed by atoms with Crippen LogP contribution in [0.4, 0.5) is 8.78 Å². The molecule has 8 heteroatoms. The Kier molecular flexibility index (Phi) is 9.01. The highest BCUT2D eigenvalue weighted by Gasteiger charge is 2.31. The Morgan fingerprint density at radius 3 is 2.39 bits per heavy atom. The molecule has 2 aliphatic heterocycles. The number of nitriles is 1. The molecule has 4 rings (SSSR count). The van der Waals surface area contributed by atoms with Gasteiger partial charge >= 0.3 is 0 Å². The molecule has 0 spiro atoms. The number of likely N-dealkylation sites (tertiary alicyclic amines) is 2. The minimum absolute atomic E-state index is 0.0315. The molecule has 6 nitrogen and oxygen atoms in total. The van der Waals surface area contributed by atoms with Crippen LogP contribution < -0.4 is 4.74 Å². The Morgan fingerprint density at radius 2 is 1.79 bits per heavy atom. The molecule has 1 atom stereocenters. The lowest BCUT2D eigenvalue weighted by Gasteiger charge is -2.36. The van der Waals surface area contributed by atoms with Gasteiger partial charge in [-0.1, -0.05) is 26.0 Å². The van der Waals surface area contributed by atoms with E-state index in [2.05, 4.69) is 11.0 Å². The number of alkyl halides is 1. The van der Waals surface area contributed by atoms with Crippen LogP contribution in [0.3, 0.4) is 0 Å². The SMILES string of the molecule is CCC(F)(CC)CN1CCC(COc2ccc(-c3ccc(C(=O)N4CCC(O)C4)c(F)c3)cc2C#N)CC1. The maximum atomic E-state index is 14.9. The van der Waals surface area contributed by atoms with Crippen molar-refractivity contribution < 1.29 is 23.4 Å². The standard InChI is InChI=1S/C30H37F2N3O3/c1-3-30(32,4-2)20-34-12-9-21(10-13-34)19-38-28-8-6-22(15-24(28)17-33)23-5-7-26(27(31)16-23)29(37)35-14-11-25(36)18-35/h5-8,15-16,21,25,36H,3-4,9-14,18-20H2,1-2H3. The molecule has 0 bridgehead atoms. The Morgan fingerprint density at radius 1 is 1.11 bits per heavy atom. The number of carbonyl (C=O) groups is 1. The number of hydrogen-bond acceptors (Lipinski definition) is 5. The van der Waals surface area contributed by atoms with Gasteiger partial charge in [-0.25, -0.2) is 8.78 Å². The molecule has 2 aromatic carbocycles. The van der Waals surface area contributed by atoms with E-state index < -0.39 is 23.5 Å². The van der Waals surface area contributed by atoms with Crippen LogP contribution in [0.1, 0.15) is 61.9 Å². The van der Waals surface area contributed by atoms with Crippen molar-refractivity contribution in [3.05, 3.63) is 53.3 Å². The number of amides is 1. The normalized spacial score (nSPS) is 18.9. The predicted octanol–water partition coefficient (Wildman–Crippen LogP) is 5.19. The maximum Gasteiger partial charge on any atom is 0.256 e. The first-order chi connectivity index (χ1) is 18.2. The van der Waals surface area contributed by atoms with E-state index in [0.717, 1.165) is 25.9 Å². The first-order valence-corrected chi connectivity index (χ1v) is 13.6. The smallest absolute Gasteiger partial charge is 0.256 e. The van der Waals surface area contributed by atoms with Crippen LogP contribution in [-0.2, 0) is 0 Å². The second-order valence-corrected chi connectivity index (χ2v) is 10.6. The zero-order valence-corrected chi connectivity index (χ0v) is 22.3. The Balaban J connectivity index is 1.36. The lowest BCUT2D eigenvalue weighted by molar-refractivity contribution is 0.0568. The van der Waals surface area contributed by atoms with E-state index in [9.17, 15) is 23.9 Å². The summed E-state index contributed by atoms with van der Waals surface area (Å²) in [6.45, 7) is 7.06. The number of nitrogens with zero attached hydrogens (tertiary/aromatic N) is 3. The summed E-state index contributed by atoms with van der Waals surface area (Å²) in [6, 6.07) is 11.8. The topological polar surface area (TPSA) is 76.8 Å². The molecule has 0 aliphatic carbocycles. The highest BCUT2D eigenvalue weighted by Crippen LogP contribution is 2.30. The van der Waals surface area contributed by atoms with Crippen molar-refractivity contribution in [2.24, 2.45) is 5.92 Å². The minimum atomic E-state index is -1.12. The first kappa shape index (κ1) is 28.0. The highest BCUT2D eigenvalue weighted by molar-refractivity contribution is 5.95. The third kappa shape index (κ3) is 6.51. The molecule has 0 saturated carbocycles. The number of piperidine rings is 1. The average molecular weight is 526 g/mol. The fourth-order valence-corrected chi connectivity index (χ4v) is 5.28. The lowest BCUT2D eigenvalue weighted by Crippen LogP contribution is -2.44. The summed E-state index contributed by atoms with van der Waals surface area (Å²) in [4.78, 5) is 16.3. The molecule has 2 aromatic rings. The molecule has 2 saturated heterocycles. The number of benzene rings is 2. The summed E-state index contributed by atoms with van der Waals surface area (Å²) in [5.74, 6) is -0.247. The molecule has 0 aromatic heterocycles. The van der Waals surface area contributed by atoms with Crippen LogP contribution in [-0.4, -0.2) is 71.9 Å². The van der Waals surface area contributed by atoms with E-state index >= 15 is 0 Å². The molecule has 2 fully saturated rings.